The van der Waals surface area contributed by atoms with Gasteiger partial charge >= 0.3 is 5.97 Å². The van der Waals surface area contributed by atoms with Crippen LogP contribution in [0.1, 0.15) is 173 Å². The topological polar surface area (TPSA) is 269 Å². The van der Waals surface area contributed by atoms with E-state index in [1.165, 1.54) is 11.6 Å². The third kappa shape index (κ3) is 8.52. The highest BCUT2D eigenvalue weighted by Gasteiger charge is 2.65. The second-order valence-electron chi connectivity index (χ2n) is 29.1. The molecule has 3 aromatic carbocycles. The Hall–Kier alpha value is -6.92. The lowest BCUT2D eigenvalue weighted by molar-refractivity contribution is -0.172. The first kappa shape index (κ1) is 58.2. The molecular formula is C74H84N4O12. The van der Waals surface area contributed by atoms with Crippen molar-refractivity contribution in [1.82, 2.24) is 16.0 Å². The number of esters is 1. The minimum Gasteiger partial charge on any atom is -0.508 e. The van der Waals surface area contributed by atoms with Crippen molar-refractivity contribution in [2.75, 3.05) is 13.2 Å². The predicted octanol–water partition coefficient (Wildman–Crippen LogP) is 8.96. The number of fused-ring (bicyclic) bond motifs is 10. The zero-order chi connectivity index (χ0) is 62.1. The SMILES string of the molecule is C/C=C(\C(=O)O[C@@H]1Cc2c3c(c4oc(CO)cc(=O)c4c2O)[C@@H]2C4=CCNC(N)=C4[C@H](CCc4ccc(O)cc4[C@@H]2CO)[C@@H]2CCC4=C5C=C[C@@H](C)NC5NC=C4C[C@@H]2[C@]1(C)O3)[C@@]1(O)C[C@@H]2c3cccc4c3[C@]3(C=C[C@@H]2[C@@H]1C3)C[C@@H](CC1(O)CCCCC1)[C@H]4O. The van der Waals surface area contributed by atoms with E-state index in [0.29, 0.717) is 87.7 Å². The van der Waals surface area contributed by atoms with Gasteiger partial charge in [0.05, 0.1) is 23.9 Å². The van der Waals surface area contributed by atoms with Crippen LogP contribution in [0.15, 0.2) is 134 Å². The number of nitrogens with two attached hydrogens (primary N) is 1. The van der Waals surface area contributed by atoms with Crippen molar-refractivity contribution in [3.05, 3.63) is 179 Å². The molecule has 16 heteroatoms. The van der Waals surface area contributed by atoms with E-state index in [2.05, 4.69) is 71.6 Å². The number of hydrogen-bond acceptors (Lipinski definition) is 16. The molecule has 8 aliphatic carbocycles. The van der Waals surface area contributed by atoms with Gasteiger partial charge in [-0.25, -0.2) is 4.79 Å². The molecule has 12 N–H and O–H groups in total. The third-order valence-corrected chi connectivity index (χ3v) is 24.6. The normalized spacial score (nSPS) is 36.5. The Kier molecular flexibility index (Phi) is 13.6. The van der Waals surface area contributed by atoms with E-state index in [-0.39, 0.29) is 94.0 Å². The third-order valence-electron chi connectivity index (χ3n) is 24.6. The highest BCUT2D eigenvalue weighted by Crippen LogP contribution is 2.68. The summed E-state index contributed by atoms with van der Waals surface area (Å²) in [6.45, 7) is 5.21. The van der Waals surface area contributed by atoms with Gasteiger partial charge in [0, 0.05) is 71.5 Å². The summed E-state index contributed by atoms with van der Waals surface area (Å²) in [5, 5.41) is 96.4. The number of ether oxygens (including phenoxy) is 2. The number of aliphatic hydroxyl groups is 5. The number of benzene rings is 3. The number of allylic oxidation sites excluding steroid dienone is 7. The first-order valence-electron chi connectivity index (χ1n) is 33.3. The van der Waals surface area contributed by atoms with Crippen LogP contribution in [-0.2, 0) is 34.4 Å². The lowest BCUT2D eigenvalue weighted by Gasteiger charge is -2.52. The fourth-order valence-electron chi connectivity index (χ4n) is 20.7. The summed E-state index contributed by atoms with van der Waals surface area (Å²) in [7, 11) is 0. The molecule has 17 rings (SSSR count). The molecule has 13 aliphatic rings. The lowest BCUT2D eigenvalue weighted by atomic mass is 9.56. The van der Waals surface area contributed by atoms with Gasteiger partial charge in [-0.05, 0) is 189 Å². The highest BCUT2D eigenvalue weighted by molar-refractivity contribution is 5.93. The van der Waals surface area contributed by atoms with Crippen LogP contribution < -0.4 is 31.8 Å². The van der Waals surface area contributed by atoms with E-state index >= 15 is 4.79 Å². The number of phenolic OH excluding ortho intramolecular Hbond substituents is 2. The molecule has 0 saturated heterocycles. The maximum atomic E-state index is 16.3. The van der Waals surface area contributed by atoms with E-state index < -0.39 is 88.5 Å². The number of hydrogen-bond donors (Lipinski definition) is 11. The summed E-state index contributed by atoms with van der Waals surface area (Å²) in [5.74, 6) is -4.17. The van der Waals surface area contributed by atoms with Crippen LogP contribution in [0.25, 0.3) is 11.0 Å². The summed E-state index contributed by atoms with van der Waals surface area (Å²) in [6.07, 6.45) is 22.0. The summed E-state index contributed by atoms with van der Waals surface area (Å²) < 4.78 is 21.9. The average Bonchev–Trinajstić information content (AvgIpc) is 1.41. The van der Waals surface area contributed by atoms with Gasteiger partial charge in [0.25, 0.3) is 0 Å². The van der Waals surface area contributed by atoms with Crippen molar-refractivity contribution >= 4 is 16.9 Å². The molecule has 3 saturated carbocycles. The molecular weight excluding hydrogens is 1140 g/mol. The molecule has 8 bridgehead atoms. The van der Waals surface area contributed by atoms with Crippen LogP contribution in [0, 0.1) is 35.5 Å². The standard InChI is InChI=1S/C74H84N4O12/c1-4-54(74(87)31-52-44-19-23-72(32-56(44)74)29-39(30-73(86)21-6-5-7-22-73)64(83)49-10-8-9-46(52)63(49)72)70(85)89-58-28-51-65(84)61-57(82)27-41(34-79)88-67(61)62-59-48-20-24-76-68(75)60(48)45(16-13-37-12-14-40(81)26-50(37)53(59)35-80)43-18-17-42-38(25-55(43)71(58,3)90-66(51)62)33-77-69-47(42)15-11-36(2)78-69/h4,8-12,14-15,19-20,23,26-27,33,36,39,43-45,52-53,55-56,58-59,64,69,76-81,83-84,86-87H,5-7,13,16-18,21-22,24-25,28-32,34-35,75H2,1-3H3/b54-4+/t36-,39+,43+,44+,45-,52+,53+,55+,56+,58-,59-,64-,69?,71+,72-,74+/m1/s1. The zero-order valence-corrected chi connectivity index (χ0v) is 51.6. The van der Waals surface area contributed by atoms with Gasteiger partial charge in [0.2, 0.25) is 0 Å². The fraction of sp³-hybridized carbons (Fsp3) is 0.514. The Morgan fingerprint density at radius 3 is 2.57 bits per heavy atom. The van der Waals surface area contributed by atoms with Gasteiger partial charge in [-0.1, -0.05) is 80.0 Å². The Balaban J connectivity index is 0.873. The Bertz CT molecular complexity index is 4010. The maximum absolute atomic E-state index is 16.3. The number of aromatic hydroxyl groups is 2. The Morgan fingerprint density at radius 2 is 1.77 bits per heavy atom. The minimum atomic E-state index is -1.67. The summed E-state index contributed by atoms with van der Waals surface area (Å²) >= 11 is 0. The molecule has 90 heavy (non-hydrogen) atoms. The molecule has 1 unspecified atom stereocenters. The van der Waals surface area contributed by atoms with Gasteiger partial charge in [-0.3, -0.25) is 10.1 Å². The van der Waals surface area contributed by atoms with Crippen LogP contribution >= 0.6 is 0 Å². The molecule has 3 fully saturated rings. The smallest absolute Gasteiger partial charge is 0.337 e. The first-order chi connectivity index (χ1) is 43.4. The molecule has 1 spiro atoms. The summed E-state index contributed by atoms with van der Waals surface area (Å²) in [4.78, 5) is 31.1. The van der Waals surface area contributed by atoms with E-state index in [9.17, 15) is 40.5 Å². The van der Waals surface area contributed by atoms with Crippen LogP contribution in [0.4, 0.5) is 0 Å². The predicted molar refractivity (Wildman–Crippen MR) is 338 cm³/mol. The number of nitrogens with one attached hydrogen (secondary N) is 3. The van der Waals surface area contributed by atoms with Gasteiger partial charge in [0.1, 0.15) is 69.9 Å². The van der Waals surface area contributed by atoms with Crippen molar-refractivity contribution in [2.45, 2.75) is 188 Å². The quantitative estimate of drug-likeness (QED) is 0.0468. The number of carbonyl (C=O) groups excluding carboxylic acids is 1. The van der Waals surface area contributed by atoms with E-state index in [1.807, 2.05) is 19.1 Å². The van der Waals surface area contributed by atoms with Crippen molar-refractivity contribution in [1.29, 1.82) is 0 Å². The van der Waals surface area contributed by atoms with Gasteiger partial charge < -0.3 is 66.0 Å². The number of phenols is 2. The van der Waals surface area contributed by atoms with Crippen molar-refractivity contribution < 1.29 is 54.4 Å². The second kappa shape index (κ2) is 21.1. The first-order valence-corrected chi connectivity index (χ1v) is 33.3. The Morgan fingerprint density at radius 1 is 0.944 bits per heavy atom. The molecule has 16 nitrogen and oxygen atoms in total. The number of carbonyl (C=O) groups is 1. The van der Waals surface area contributed by atoms with E-state index in [0.717, 1.165) is 63.8 Å². The lowest BCUT2D eigenvalue weighted by Crippen LogP contribution is -2.59. The van der Waals surface area contributed by atoms with Crippen LogP contribution in [0.5, 0.6) is 17.2 Å². The second-order valence-corrected chi connectivity index (χ2v) is 29.1. The number of aryl methyl sites for hydroxylation is 1. The monoisotopic (exact) mass is 1220 g/mol. The molecule has 5 aliphatic heterocycles. The highest BCUT2D eigenvalue weighted by atomic mass is 16.6. The maximum Gasteiger partial charge on any atom is 0.337 e. The molecule has 6 heterocycles. The van der Waals surface area contributed by atoms with Crippen LogP contribution in [-0.4, -0.2) is 90.0 Å². The average molecular weight is 1220 g/mol. The molecule has 472 valence electrons. The number of dihydropyridines is 2. The Labute approximate surface area is 524 Å². The molecule has 1 aromatic heterocycles. The van der Waals surface area contributed by atoms with E-state index in [1.54, 1.807) is 25.1 Å². The van der Waals surface area contributed by atoms with Crippen LogP contribution in [0.3, 0.4) is 0 Å². The summed E-state index contributed by atoms with van der Waals surface area (Å²) in [6, 6.07) is 12.8. The van der Waals surface area contributed by atoms with Crippen molar-refractivity contribution in [3.8, 4) is 17.2 Å². The van der Waals surface area contributed by atoms with Crippen molar-refractivity contribution in [3.63, 3.8) is 0 Å². The summed E-state index contributed by atoms with van der Waals surface area (Å²) in [5.41, 5.74) is 12.8. The van der Waals surface area contributed by atoms with Crippen LogP contribution in [0.2, 0.25) is 0 Å². The van der Waals surface area contributed by atoms with Gasteiger partial charge in [0.15, 0.2) is 5.43 Å². The molecule has 0 radical (unpaired) electrons. The molecule has 0 amide bonds. The minimum absolute atomic E-state index is 0.0137. The largest absolute Gasteiger partial charge is 0.508 e. The zero-order valence-electron chi connectivity index (χ0n) is 51.6. The molecule has 4 aromatic rings. The molecule has 16 atom stereocenters. The van der Waals surface area contributed by atoms with Gasteiger partial charge in [-0.15, -0.1) is 0 Å². The number of aliphatic hydroxyl groups excluding tert-OH is 3. The number of rotatable bonds is 7. The van der Waals surface area contributed by atoms with Crippen molar-refractivity contribution in [2.24, 2.45) is 41.2 Å². The van der Waals surface area contributed by atoms with Gasteiger partial charge in [-0.2, -0.15) is 0 Å². The fourth-order valence-corrected chi connectivity index (χ4v) is 20.7. The van der Waals surface area contributed by atoms with E-state index in [4.69, 9.17) is 19.6 Å².